The number of rotatable bonds is 8. The topological polar surface area (TPSA) is 83.5 Å². The van der Waals surface area contributed by atoms with Crippen LogP contribution in [0.5, 0.6) is 0 Å². The van der Waals surface area contributed by atoms with Gasteiger partial charge in [-0.3, -0.25) is 4.79 Å². The Labute approximate surface area is 120 Å². The van der Waals surface area contributed by atoms with Gasteiger partial charge in [0.05, 0.1) is 5.75 Å². The van der Waals surface area contributed by atoms with E-state index in [-0.39, 0.29) is 5.75 Å². The lowest BCUT2D eigenvalue weighted by molar-refractivity contribution is -0.139. The first-order valence-corrected chi connectivity index (χ1v) is 8.27. The molecular weight excluding hydrogens is 278 g/mol. The zero-order valence-electron chi connectivity index (χ0n) is 11.8. The zero-order chi connectivity index (χ0) is 15.2. The number of hydrogen-bond donors (Lipinski definition) is 2. The summed E-state index contributed by atoms with van der Waals surface area (Å²) in [5, 5.41) is 9.04. The van der Waals surface area contributed by atoms with E-state index in [9.17, 15) is 13.2 Å². The number of carbonyl (C=O) groups is 1. The van der Waals surface area contributed by atoms with Crippen LogP contribution in [0.2, 0.25) is 0 Å². The average Bonchev–Trinajstić information content (AvgIpc) is 2.36. The third-order valence-corrected chi connectivity index (χ3v) is 4.30. The lowest BCUT2D eigenvalue weighted by Gasteiger charge is -2.14. The highest BCUT2D eigenvalue weighted by Gasteiger charge is 2.23. The third-order valence-electron chi connectivity index (χ3n) is 2.94. The van der Waals surface area contributed by atoms with E-state index >= 15 is 0 Å². The van der Waals surface area contributed by atoms with Crippen LogP contribution >= 0.6 is 0 Å². The minimum Gasteiger partial charge on any atom is -0.480 e. The van der Waals surface area contributed by atoms with E-state index in [0.29, 0.717) is 18.4 Å². The summed E-state index contributed by atoms with van der Waals surface area (Å²) < 4.78 is 26.2. The van der Waals surface area contributed by atoms with Gasteiger partial charge in [-0.15, -0.1) is 0 Å². The standard InChI is InChI=1S/C14H21NO4S/c1-3-4-5-13(14(16)17)15-20(18,19)10-12-8-6-11(2)7-9-12/h6-9,13,15H,3-5,10H2,1-2H3,(H,16,17). The van der Waals surface area contributed by atoms with Crippen LogP contribution in [0.25, 0.3) is 0 Å². The number of unbranched alkanes of at least 4 members (excludes halogenated alkanes) is 1. The van der Waals surface area contributed by atoms with E-state index in [1.807, 2.05) is 26.0 Å². The molecule has 0 spiro atoms. The molecule has 0 heterocycles. The Morgan fingerprint density at radius 3 is 2.40 bits per heavy atom. The fourth-order valence-corrected chi connectivity index (χ4v) is 3.17. The molecular formula is C14H21NO4S. The normalized spacial score (nSPS) is 13.1. The lowest BCUT2D eigenvalue weighted by Crippen LogP contribution is -2.41. The Morgan fingerprint density at radius 2 is 1.90 bits per heavy atom. The molecule has 0 bridgehead atoms. The molecule has 1 rings (SSSR count). The van der Waals surface area contributed by atoms with Crippen molar-refractivity contribution in [3.05, 3.63) is 35.4 Å². The molecule has 5 nitrogen and oxygen atoms in total. The molecule has 1 aromatic rings. The van der Waals surface area contributed by atoms with Gasteiger partial charge in [0.25, 0.3) is 0 Å². The molecule has 6 heteroatoms. The molecule has 0 aliphatic carbocycles. The highest BCUT2D eigenvalue weighted by atomic mass is 32.2. The van der Waals surface area contributed by atoms with Crippen molar-refractivity contribution in [1.29, 1.82) is 0 Å². The van der Waals surface area contributed by atoms with Crippen LogP contribution in [0.4, 0.5) is 0 Å². The van der Waals surface area contributed by atoms with E-state index in [1.165, 1.54) is 0 Å². The molecule has 1 aromatic carbocycles. The second-order valence-electron chi connectivity index (χ2n) is 4.90. The van der Waals surface area contributed by atoms with Crippen molar-refractivity contribution < 1.29 is 18.3 Å². The molecule has 0 aromatic heterocycles. The summed E-state index contributed by atoms with van der Waals surface area (Å²) in [5.74, 6) is -1.34. The summed E-state index contributed by atoms with van der Waals surface area (Å²) in [6, 6.07) is 6.07. The maximum absolute atomic E-state index is 12.0. The van der Waals surface area contributed by atoms with Gasteiger partial charge in [-0.1, -0.05) is 49.6 Å². The second-order valence-corrected chi connectivity index (χ2v) is 6.65. The van der Waals surface area contributed by atoms with Gasteiger partial charge in [-0.05, 0) is 18.9 Å². The van der Waals surface area contributed by atoms with Crippen LogP contribution in [0.15, 0.2) is 24.3 Å². The van der Waals surface area contributed by atoms with Crippen LogP contribution in [-0.2, 0) is 20.6 Å². The van der Waals surface area contributed by atoms with Gasteiger partial charge in [0, 0.05) is 0 Å². The first-order chi connectivity index (χ1) is 9.34. The van der Waals surface area contributed by atoms with E-state index in [0.717, 1.165) is 12.0 Å². The summed E-state index contributed by atoms with van der Waals surface area (Å²) >= 11 is 0. The Morgan fingerprint density at radius 1 is 1.30 bits per heavy atom. The number of nitrogens with one attached hydrogen (secondary N) is 1. The van der Waals surface area contributed by atoms with Gasteiger partial charge < -0.3 is 5.11 Å². The number of carboxylic acid groups (broad SMARTS) is 1. The Kier molecular flexibility index (Phi) is 6.16. The smallest absolute Gasteiger partial charge is 0.321 e. The van der Waals surface area contributed by atoms with Crippen molar-refractivity contribution in [2.24, 2.45) is 0 Å². The number of sulfonamides is 1. The molecule has 1 atom stereocenters. The fraction of sp³-hybridized carbons (Fsp3) is 0.500. The van der Waals surface area contributed by atoms with Crippen LogP contribution in [0.3, 0.4) is 0 Å². The maximum Gasteiger partial charge on any atom is 0.321 e. The Hall–Kier alpha value is -1.40. The minimum atomic E-state index is -3.65. The van der Waals surface area contributed by atoms with Crippen molar-refractivity contribution in [1.82, 2.24) is 4.72 Å². The number of benzene rings is 1. The van der Waals surface area contributed by atoms with Gasteiger partial charge in [0.15, 0.2) is 0 Å². The second kappa shape index (κ2) is 7.40. The molecule has 2 N–H and O–H groups in total. The number of aliphatic carboxylic acids is 1. The van der Waals surface area contributed by atoms with Crippen molar-refractivity contribution in [2.45, 2.75) is 44.9 Å². The molecule has 20 heavy (non-hydrogen) atoms. The van der Waals surface area contributed by atoms with Crippen molar-refractivity contribution >= 4 is 16.0 Å². The maximum atomic E-state index is 12.0. The zero-order valence-corrected chi connectivity index (χ0v) is 12.6. The Bertz CT molecular complexity index is 537. The Balaban J connectivity index is 2.72. The predicted octanol–water partition coefficient (Wildman–Crippen LogP) is 2.06. The van der Waals surface area contributed by atoms with Gasteiger partial charge in [-0.25, -0.2) is 13.1 Å². The van der Waals surface area contributed by atoms with Crippen molar-refractivity contribution in [2.75, 3.05) is 0 Å². The molecule has 0 fully saturated rings. The van der Waals surface area contributed by atoms with Gasteiger partial charge >= 0.3 is 5.97 Å². The minimum absolute atomic E-state index is 0.205. The highest BCUT2D eigenvalue weighted by molar-refractivity contribution is 7.88. The number of carboxylic acids is 1. The molecule has 0 amide bonds. The van der Waals surface area contributed by atoms with Gasteiger partial charge in [0.2, 0.25) is 10.0 Å². The summed E-state index contributed by atoms with van der Waals surface area (Å²) in [6.45, 7) is 3.85. The first kappa shape index (κ1) is 16.7. The summed E-state index contributed by atoms with van der Waals surface area (Å²) in [7, 11) is -3.65. The average molecular weight is 299 g/mol. The van der Waals surface area contributed by atoms with Crippen molar-refractivity contribution in [3.63, 3.8) is 0 Å². The molecule has 0 saturated heterocycles. The molecule has 0 aliphatic rings. The number of aryl methyl sites for hydroxylation is 1. The highest BCUT2D eigenvalue weighted by Crippen LogP contribution is 2.09. The molecule has 112 valence electrons. The van der Waals surface area contributed by atoms with E-state index < -0.39 is 22.0 Å². The summed E-state index contributed by atoms with van der Waals surface area (Å²) in [5.41, 5.74) is 1.69. The van der Waals surface area contributed by atoms with Gasteiger partial charge in [-0.2, -0.15) is 0 Å². The first-order valence-electron chi connectivity index (χ1n) is 6.62. The van der Waals surface area contributed by atoms with Crippen LogP contribution in [-0.4, -0.2) is 25.5 Å². The van der Waals surface area contributed by atoms with E-state index in [1.54, 1.807) is 12.1 Å². The van der Waals surface area contributed by atoms with Crippen LogP contribution in [0.1, 0.15) is 37.3 Å². The third kappa shape index (κ3) is 5.71. The monoisotopic (exact) mass is 299 g/mol. The molecule has 1 unspecified atom stereocenters. The van der Waals surface area contributed by atoms with Crippen molar-refractivity contribution in [3.8, 4) is 0 Å². The predicted molar refractivity (Wildman–Crippen MR) is 77.9 cm³/mol. The number of hydrogen-bond acceptors (Lipinski definition) is 3. The molecule has 0 aliphatic heterocycles. The quantitative estimate of drug-likeness (QED) is 0.769. The van der Waals surface area contributed by atoms with Gasteiger partial charge in [0.1, 0.15) is 6.04 Å². The summed E-state index contributed by atoms with van der Waals surface area (Å²) in [6.07, 6.45) is 1.80. The molecule has 0 radical (unpaired) electrons. The lowest BCUT2D eigenvalue weighted by atomic mass is 10.1. The van der Waals surface area contributed by atoms with E-state index in [4.69, 9.17) is 5.11 Å². The summed E-state index contributed by atoms with van der Waals surface area (Å²) in [4.78, 5) is 11.1. The fourth-order valence-electron chi connectivity index (χ4n) is 1.80. The SMILES string of the molecule is CCCCC(NS(=O)(=O)Cc1ccc(C)cc1)C(=O)O. The van der Waals surface area contributed by atoms with Crippen LogP contribution in [0, 0.1) is 6.92 Å². The largest absolute Gasteiger partial charge is 0.480 e. The van der Waals surface area contributed by atoms with E-state index in [2.05, 4.69) is 4.72 Å². The van der Waals surface area contributed by atoms with Crippen LogP contribution < -0.4 is 4.72 Å². The molecule has 0 saturated carbocycles.